The van der Waals surface area contributed by atoms with E-state index >= 15 is 0 Å². The summed E-state index contributed by atoms with van der Waals surface area (Å²) in [6.07, 6.45) is 0. The lowest BCUT2D eigenvalue weighted by atomic mass is 10.5. The molecular weight excluding hydrogens is 340 g/mol. The fourth-order valence-electron chi connectivity index (χ4n) is 1.71. The lowest BCUT2D eigenvalue weighted by molar-refractivity contribution is 0.0705. The van der Waals surface area contributed by atoms with Crippen molar-refractivity contribution < 1.29 is 13.2 Å². The maximum Gasteiger partial charge on any atom is 0.282 e. The Morgan fingerprint density at radius 3 is 2.72 bits per heavy atom. The molecule has 0 bridgehead atoms. The first-order chi connectivity index (χ1) is 8.50. The third-order valence-electron chi connectivity index (χ3n) is 2.69. The smallest absolute Gasteiger partial charge is 0.282 e. The summed E-state index contributed by atoms with van der Waals surface area (Å²) in [6, 6.07) is 1.94. The number of rotatable bonds is 4. The minimum atomic E-state index is -3.37. The SMILES string of the molecule is CN(Cc1cc(Br)cs1)S(=O)(=O)N1CCOCC1. The van der Waals surface area contributed by atoms with E-state index in [1.807, 2.05) is 11.4 Å². The zero-order valence-electron chi connectivity index (χ0n) is 10.0. The van der Waals surface area contributed by atoms with Gasteiger partial charge in [0.25, 0.3) is 10.2 Å². The van der Waals surface area contributed by atoms with E-state index in [1.165, 1.54) is 8.61 Å². The molecule has 0 atom stereocenters. The van der Waals surface area contributed by atoms with Crippen molar-refractivity contribution in [1.82, 2.24) is 8.61 Å². The topological polar surface area (TPSA) is 49.9 Å². The Morgan fingerprint density at radius 1 is 1.50 bits per heavy atom. The molecule has 2 rings (SSSR count). The highest BCUT2D eigenvalue weighted by molar-refractivity contribution is 9.10. The zero-order valence-corrected chi connectivity index (χ0v) is 13.2. The summed E-state index contributed by atoms with van der Waals surface area (Å²) in [4.78, 5) is 1.02. The molecule has 0 N–H and O–H groups in total. The van der Waals surface area contributed by atoms with Crippen LogP contribution in [-0.4, -0.2) is 50.4 Å². The summed E-state index contributed by atoms with van der Waals surface area (Å²) >= 11 is 4.91. The average Bonchev–Trinajstić information content (AvgIpc) is 2.76. The van der Waals surface area contributed by atoms with Crippen molar-refractivity contribution in [3.8, 4) is 0 Å². The molecule has 1 aliphatic rings. The molecule has 8 heteroatoms. The highest BCUT2D eigenvalue weighted by Crippen LogP contribution is 2.22. The van der Waals surface area contributed by atoms with E-state index in [0.29, 0.717) is 32.8 Å². The molecule has 5 nitrogen and oxygen atoms in total. The second-order valence-corrected chi connectivity index (χ2v) is 7.95. The van der Waals surface area contributed by atoms with Crippen LogP contribution in [0.5, 0.6) is 0 Å². The van der Waals surface area contributed by atoms with E-state index in [-0.39, 0.29) is 0 Å². The van der Waals surface area contributed by atoms with Gasteiger partial charge in [0.1, 0.15) is 0 Å². The van der Waals surface area contributed by atoms with Gasteiger partial charge in [-0.25, -0.2) is 0 Å². The molecule has 0 saturated carbocycles. The molecule has 0 spiro atoms. The van der Waals surface area contributed by atoms with Crippen LogP contribution in [0.1, 0.15) is 4.88 Å². The van der Waals surface area contributed by atoms with E-state index in [2.05, 4.69) is 15.9 Å². The van der Waals surface area contributed by atoms with Crippen LogP contribution < -0.4 is 0 Å². The molecule has 0 amide bonds. The van der Waals surface area contributed by atoms with Gasteiger partial charge >= 0.3 is 0 Å². The maximum absolute atomic E-state index is 12.3. The van der Waals surface area contributed by atoms with Crippen molar-refractivity contribution in [2.75, 3.05) is 33.4 Å². The van der Waals surface area contributed by atoms with Crippen LogP contribution in [0.15, 0.2) is 15.9 Å². The van der Waals surface area contributed by atoms with Crippen LogP contribution in [0, 0.1) is 0 Å². The van der Waals surface area contributed by atoms with Gasteiger partial charge in [0.15, 0.2) is 0 Å². The summed E-state index contributed by atoms with van der Waals surface area (Å²) in [7, 11) is -1.76. The van der Waals surface area contributed by atoms with Crippen LogP contribution >= 0.6 is 27.3 Å². The highest BCUT2D eigenvalue weighted by Gasteiger charge is 2.28. The molecule has 0 radical (unpaired) electrons. The molecule has 1 fully saturated rings. The Morgan fingerprint density at radius 2 is 2.17 bits per heavy atom. The van der Waals surface area contributed by atoms with Gasteiger partial charge in [0.2, 0.25) is 0 Å². The summed E-state index contributed by atoms with van der Waals surface area (Å²) in [6.45, 7) is 2.20. The van der Waals surface area contributed by atoms with E-state index in [9.17, 15) is 8.42 Å². The molecule has 1 aliphatic heterocycles. The number of hydrogen-bond donors (Lipinski definition) is 0. The van der Waals surface area contributed by atoms with Crippen molar-refractivity contribution >= 4 is 37.5 Å². The fraction of sp³-hybridized carbons (Fsp3) is 0.600. The number of thiophene rings is 1. The van der Waals surface area contributed by atoms with Crippen molar-refractivity contribution in [2.45, 2.75) is 6.54 Å². The third kappa shape index (κ3) is 3.31. The van der Waals surface area contributed by atoms with Gasteiger partial charge < -0.3 is 4.74 Å². The molecule has 1 aromatic heterocycles. The molecule has 0 aliphatic carbocycles. The van der Waals surface area contributed by atoms with Crippen LogP contribution in [0.2, 0.25) is 0 Å². The maximum atomic E-state index is 12.3. The first kappa shape index (κ1) is 14.4. The van der Waals surface area contributed by atoms with Gasteiger partial charge in [-0.05, 0) is 22.0 Å². The molecule has 0 aromatic carbocycles. The largest absolute Gasteiger partial charge is 0.379 e. The molecule has 18 heavy (non-hydrogen) atoms. The molecule has 1 aromatic rings. The van der Waals surface area contributed by atoms with Gasteiger partial charge in [-0.3, -0.25) is 0 Å². The first-order valence-corrected chi connectivity index (χ1v) is 8.59. The Hall–Kier alpha value is 0.01000. The number of ether oxygens (including phenoxy) is 1. The van der Waals surface area contributed by atoms with Crippen molar-refractivity contribution in [1.29, 1.82) is 0 Å². The van der Waals surface area contributed by atoms with E-state index < -0.39 is 10.2 Å². The number of halogens is 1. The second-order valence-electron chi connectivity index (χ2n) is 4.01. The second kappa shape index (κ2) is 5.98. The normalized spacial score (nSPS) is 18.4. The molecule has 102 valence electrons. The van der Waals surface area contributed by atoms with Gasteiger partial charge in [0.05, 0.1) is 13.2 Å². The quantitative estimate of drug-likeness (QED) is 0.823. The first-order valence-electron chi connectivity index (χ1n) is 5.52. The van der Waals surface area contributed by atoms with Crippen molar-refractivity contribution in [3.05, 3.63) is 20.8 Å². The minimum Gasteiger partial charge on any atom is -0.379 e. The van der Waals surface area contributed by atoms with Crippen LogP contribution in [0.4, 0.5) is 0 Å². The van der Waals surface area contributed by atoms with Gasteiger partial charge in [-0.15, -0.1) is 11.3 Å². The molecular formula is C10H15BrN2O3S2. The van der Waals surface area contributed by atoms with E-state index in [1.54, 1.807) is 18.4 Å². The minimum absolute atomic E-state index is 0.399. The number of hydrogen-bond acceptors (Lipinski definition) is 4. The van der Waals surface area contributed by atoms with Crippen molar-refractivity contribution in [3.63, 3.8) is 0 Å². The Kier molecular flexibility index (Phi) is 4.79. The summed E-state index contributed by atoms with van der Waals surface area (Å²) in [5.74, 6) is 0. The number of morpholine rings is 1. The third-order valence-corrected chi connectivity index (χ3v) is 6.31. The summed E-state index contributed by atoms with van der Waals surface area (Å²) in [5, 5.41) is 1.95. The lowest BCUT2D eigenvalue weighted by Crippen LogP contribution is -2.46. The van der Waals surface area contributed by atoms with E-state index in [0.717, 1.165) is 9.35 Å². The van der Waals surface area contributed by atoms with Crippen LogP contribution in [0.25, 0.3) is 0 Å². The zero-order chi connectivity index (χ0) is 13.2. The average molecular weight is 355 g/mol. The summed E-state index contributed by atoms with van der Waals surface area (Å²) in [5.41, 5.74) is 0. The van der Waals surface area contributed by atoms with Crippen LogP contribution in [-0.2, 0) is 21.5 Å². The predicted molar refractivity (Wildman–Crippen MR) is 74.8 cm³/mol. The Balaban J connectivity index is 2.04. The molecule has 2 heterocycles. The highest BCUT2D eigenvalue weighted by atomic mass is 79.9. The van der Waals surface area contributed by atoms with Gasteiger partial charge in [-0.2, -0.15) is 17.0 Å². The predicted octanol–water partition coefficient (Wildman–Crippen LogP) is 1.52. The van der Waals surface area contributed by atoms with E-state index in [4.69, 9.17) is 4.74 Å². The number of nitrogens with zero attached hydrogens (tertiary/aromatic N) is 2. The summed E-state index contributed by atoms with van der Waals surface area (Å²) < 4.78 is 33.6. The molecule has 1 saturated heterocycles. The van der Waals surface area contributed by atoms with Gasteiger partial charge in [-0.1, -0.05) is 0 Å². The fourth-order valence-corrected chi connectivity index (χ4v) is 4.60. The standard InChI is InChI=1S/C10H15BrN2O3S2/c1-12(7-10-6-9(11)8-17-10)18(14,15)13-2-4-16-5-3-13/h6,8H,2-5,7H2,1H3. The lowest BCUT2D eigenvalue weighted by Gasteiger charge is -2.29. The van der Waals surface area contributed by atoms with Crippen molar-refractivity contribution in [2.24, 2.45) is 0 Å². The Bertz CT molecular complexity index is 497. The monoisotopic (exact) mass is 354 g/mol. The van der Waals surface area contributed by atoms with Crippen LogP contribution in [0.3, 0.4) is 0 Å². The van der Waals surface area contributed by atoms with Gasteiger partial charge in [0, 0.05) is 41.4 Å². The Labute approximate surface area is 120 Å². The molecule has 0 unspecified atom stereocenters.